The molecule has 0 atom stereocenters. The zero-order chi connectivity index (χ0) is 36.8. The molecule has 0 saturated carbocycles. The van der Waals surface area contributed by atoms with Gasteiger partial charge in [0.1, 0.15) is 35.7 Å². The quantitative estimate of drug-likeness (QED) is 0.0575. The van der Waals surface area contributed by atoms with Gasteiger partial charge < -0.3 is 30.0 Å². The van der Waals surface area contributed by atoms with E-state index in [0.717, 1.165) is 36.4 Å². The second-order valence-corrected chi connectivity index (χ2v) is 15.2. The zero-order valence-corrected chi connectivity index (χ0v) is 39.3. The van der Waals surface area contributed by atoms with Crippen LogP contribution in [-0.4, -0.2) is 66.8 Å². The van der Waals surface area contributed by atoms with Crippen LogP contribution in [0.5, 0.6) is 11.8 Å². The van der Waals surface area contributed by atoms with Crippen LogP contribution >= 0.6 is 0 Å². The van der Waals surface area contributed by atoms with E-state index >= 15 is 0 Å². The van der Waals surface area contributed by atoms with Gasteiger partial charge in [-0.15, -0.1) is 10.2 Å². The molecule has 1 aromatic heterocycles. The van der Waals surface area contributed by atoms with Gasteiger partial charge in [0.2, 0.25) is 11.9 Å². The van der Waals surface area contributed by atoms with Crippen molar-refractivity contribution in [1.82, 2.24) is 15.0 Å². The van der Waals surface area contributed by atoms with Gasteiger partial charge in [-0.2, -0.15) is 21.8 Å². The third-order valence-corrected chi connectivity index (χ3v) is 9.76. The van der Waals surface area contributed by atoms with Crippen LogP contribution in [0.15, 0.2) is 96.5 Å². The molecular weight excluding hydrogens is 843 g/mol. The zero-order valence-electron chi connectivity index (χ0n) is 28.0. The fourth-order valence-electron chi connectivity index (χ4n) is 4.26. The molecule has 21 nitrogen and oxygen atoms in total. The fourth-order valence-corrected chi connectivity index (χ4v) is 6.54. The van der Waals surface area contributed by atoms with Gasteiger partial charge in [0.15, 0.2) is 0 Å². The summed E-state index contributed by atoms with van der Waals surface area (Å²) in [7, 11) is -20.4. The number of rotatable bonds is 10. The molecule has 5 aromatic rings. The van der Waals surface area contributed by atoms with Gasteiger partial charge in [-0.25, -0.2) is 26.8 Å². The number of benzene rings is 4. The van der Waals surface area contributed by atoms with Gasteiger partial charge in [-0.1, -0.05) is 17.9 Å². The molecule has 4 aromatic carbocycles. The van der Waals surface area contributed by atoms with Gasteiger partial charge in [0.25, 0.3) is 20.2 Å². The Hall–Kier alpha value is -1.41. The molecule has 0 aliphatic rings. The monoisotopic (exact) mass is 857 g/mol. The molecule has 0 aliphatic heterocycles. The third kappa shape index (κ3) is 12.3. The van der Waals surface area contributed by atoms with E-state index in [2.05, 4.69) is 35.8 Å². The maximum absolute atomic E-state index is 13.8. The maximum atomic E-state index is 13.8. The Bertz CT molecular complexity index is 2690. The first kappa shape index (κ1) is 50.6. The molecule has 262 valence electrons. The molecule has 29 heteroatoms. The van der Waals surface area contributed by atoms with Crippen molar-refractivity contribution in [3.8, 4) is 11.8 Å². The van der Waals surface area contributed by atoms with Gasteiger partial charge in [0.05, 0.1) is 21.5 Å². The molecule has 0 fully saturated rings. The summed E-state index contributed by atoms with van der Waals surface area (Å²) in [6.45, 7) is 0. The van der Waals surface area contributed by atoms with E-state index in [1.165, 1.54) is 12.1 Å². The average molecular weight is 858 g/mol. The van der Waals surface area contributed by atoms with Crippen LogP contribution in [-0.2, 0) is 40.5 Å². The number of anilines is 4. The SMILES string of the molecule is O=S(=O)([O-])c1ccc(Nc2nc([O-])nc(Nc3cc(S(=O)(=O)[O-])cc4cc(S(=O)(=O)O)c(N=Nc5ccccc5S(=O)(=O)O)c([O-])c34)n2)cc1.[Na+].[Na+].[Na+].[Na+]. The first-order chi connectivity index (χ1) is 23.1. The largest absolute Gasteiger partial charge is 1.00 e. The summed E-state index contributed by atoms with van der Waals surface area (Å²) in [6, 6.07) is 9.07. The molecule has 0 amide bonds. The van der Waals surface area contributed by atoms with Crippen molar-refractivity contribution in [1.29, 1.82) is 0 Å². The summed E-state index contributed by atoms with van der Waals surface area (Å²) in [5, 5.41) is 36.8. The van der Waals surface area contributed by atoms with E-state index in [0.29, 0.717) is 18.2 Å². The molecule has 0 unspecified atom stereocenters. The van der Waals surface area contributed by atoms with Crippen LogP contribution in [0.4, 0.5) is 34.6 Å². The molecule has 0 bridgehead atoms. The first-order valence-electron chi connectivity index (χ1n) is 12.9. The molecule has 1 heterocycles. The molecular formula is C25H15N7Na4O14S4. The number of azo groups is 1. The molecule has 4 N–H and O–H groups in total. The second-order valence-electron chi connectivity index (χ2n) is 9.69. The predicted octanol–water partition coefficient (Wildman–Crippen LogP) is -10.6. The second kappa shape index (κ2) is 19.4. The van der Waals surface area contributed by atoms with Crippen molar-refractivity contribution in [2.75, 3.05) is 10.6 Å². The summed E-state index contributed by atoms with van der Waals surface area (Å²) in [5.74, 6) is -2.58. The van der Waals surface area contributed by atoms with Crippen molar-refractivity contribution >= 4 is 85.9 Å². The van der Waals surface area contributed by atoms with E-state index in [-0.39, 0.29) is 124 Å². The van der Waals surface area contributed by atoms with Gasteiger partial charge in [-0.05, 0) is 65.4 Å². The fraction of sp³-hybridized carbons (Fsp3) is 0. The maximum Gasteiger partial charge on any atom is 1.00 e. The smallest absolute Gasteiger partial charge is 0.870 e. The van der Waals surface area contributed by atoms with E-state index in [4.69, 9.17) is 0 Å². The molecule has 0 spiro atoms. The number of fused-ring (bicyclic) bond motifs is 1. The van der Waals surface area contributed by atoms with Gasteiger partial charge >= 0.3 is 118 Å². The van der Waals surface area contributed by atoms with Crippen LogP contribution in [0.3, 0.4) is 0 Å². The minimum atomic E-state index is -5.36. The van der Waals surface area contributed by atoms with Crippen molar-refractivity contribution in [2.45, 2.75) is 19.6 Å². The Kier molecular flexibility index (Phi) is 18.1. The van der Waals surface area contributed by atoms with E-state index in [1.54, 1.807) is 0 Å². The Morgan fingerprint density at radius 3 is 1.69 bits per heavy atom. The van der Waals surface area contributed by atoms with Crippen LogP contribution < -0.4 is 139 Å². The normalized spacial score (nSPS) is 11.8. The van der Waals surface area contributed by atoms with Crippen LogP contribution in [0.25, 0.3) is 10.8 Å². The Balaban J connectivity index is 0.00000364. The summed E-state index contributed by atoms with van der Waals surface area (Å²) < 4.78 is 137. The molecule has 54 heavy (non-hydrogen) atoms. The minimum Gasteiger partial charge on any atom is -0.870 e. The van der Waals surface area contributed by atoms with Gasteiger partial charge in [0, 0.05) is 11.4 Å². The van der Waals surface area contributed by atoms with E-state index in [9.17, 15) is 62.1 Å². The first-order valence-corrected chi connectivity index (χ1v) is 18.6. The molecule has 0 aliphatic carbocycles. The summed E-state index contributed by atoms with van der Waals surface area (Å²) >= 11 is 0. The van der Waals surface area contributed by atoms with E-state index in [1.807, 2.05) is 0 Å². The Morgan fingerprint density at radius 1 is 0.611 bits per heavy atom. The topological polar surface area (TPSA) is 357 Å². The Morgan fingerprint density at radius 2 is 1.15 bits per heavy atom. The van der Waals surface area contributed by atoms with Crippen LogP contribution in [0, 0.1) is 0 Å². The predicted molar refractivity (Wildman–Crippen MR) is 162 cm³/mol. The molecule has 0 saturated heterocycles. The van der Waals surface area contributed by atoms with Crippen molar-refractivity contribution in [3.63, 3.8) is 0 Å². The van der Waals surface area contributed by atoms with Crippen molar-refractivity contribution in [2.24, 2.45) is 10.2 Å². The third-order valence-electron chi connectivity index (χ3n) is 6.33. The van der Waals surface area contributed by atoms with Crippen LogP contribution in [0.1, 0.15) is 0 Å². The summed E-state index contributed by atoms with van der Waals surface area (Å²) in [5.41, 5.74) is -2.26. The minimum absolute atomic E-state index is 0. The summed E-state index contributed by atoms with van der Waals surface area (Å²) in [6.07, 6.45) is 0. The number of hydrogen-bond donors (Lipinski definition) is 4. The van der Waals surface area contributed by atoms with Crippen molar-refractivity contribution in [3.05, 3.63) is 66.7 Å². The standard InChI is InChI=1S/C25H19N7O14S4.4Na/c33-22-20-12(10-19(50(44,45)46)21(22)32-31-16-3-1-2-4-18(16)49(41,42)43)9-15(48(38,39)40)11-17(20)27-24-28-23(29-25(34)30-24)26-13-5-7-14(8-6-13)47(35,36)37;;;;/h1-11,33H,(H,35,36,37)(H,38,39,40)(H,41,42,43)(H,44,45,46)(H3,26,27,28,29,30,34);;;;/q;4*+1/p-4. The summed E-state index contributed by atoms with van der Waals surface area (Å²) in [4.78, 5) is 7.25. The van der Waals surface area contributed by atoms with Crippen LogP contribution in [0.2, 0.25) is 0 Å². The average Bonchev–Trinajstić information content (AvgIpc) is 2.98. The number of hydrogen-bond acceptors (Lipinski definition) is 19. The number of nitrogens with zero attached hydrogens (tertiary/aromatic N) is 5. The Labute approximate surface area is 394 Å². The molecule has 0 radical (unpaired) electrons. The van der Waals surface area contributed by atoms with E-state index < -0.39 is 112 Å². The number of nitrogens with one attached hydrogen (secondary N) is 2. The van der Waals surface area contributed by atoms with Crippen molar-refractivity contribution < 1.29 is 180 Å². The molecule has 5 rings (SSSR count). The number of aromatic nitrogens is 3. The van der Waals surface area contributed by atoms with Gasteiger partial charge in [-0.3, -0.25) is 9.11 Å².